The number of hydrogen-bond acceptors (Lipinski definition) is 3. The van der Waals surface area contributed by atoms with Gasteiger partial charge in [0.2, 0.25) is 0 Å². The molecule has 0 atom stereocenters. The Hall–Kier alpha value is -2.07. The molecule has 0 bridgehead atoms. The second-order valence-corrected chi connectivity index (χ2v) is 6.29. The maximum absolute atomic E-state index is 6.08. The normalized spacial score (nSPS) is 11.3. The highest BCUT2D eigenvalue weighted by atomic mass is 35.5. The van der Waals surface area contributed by atoms with E-state index in [0.717, 1.165) is 28.6 Å². The zero-order valence-electron chi connectivity index (χ0n) is 13.6. The number of halogens is 1. The van der Waals surface area contributed by atoms with Crippen molar-refractivity contribution in [3.63, 3.8) is 0 Å². The Morgan fingerprint density at radius 1 is 1.22 bits per heavy atom. The van der Waals surface area contributed by atoms with Crippen LogP contribution in [0.1, 0.15) is 31.0 Å². The zero-order valence-corrected chi connectivity index (χ0v) is 14.3. The summed E-state index contributed by atoms with van der Waals surface area (Å²) >= 11 is 6.08. The molecule has 120 valence electrons. The Morgan fingerprint density at radius 2 is 2.04 bits per heavy atom. The van der Waals surface area contributed by atoms with E-state index in [-0.39, 0.29) is 0 Å². The van der Waals surface area contributed by atoms with Crippen LogP contribution in [0.3, 0.4) is 0 Å². The van der Waals surface area contributed by atoms with Gasteiger partial charge in [-0.1, -0.05) is 31.5 Å². The fraction of sp³-hybridized carbons (Fsp3) is 0.333. The maximum atomic E-state index is 6.08. The van der Waals surface area contributed by atoms with Crippen LogP contribution in [0.15, 0.2) is 36.7 Å². The number of aryl methyl sites for hydroxylation is 1. The number of ether oxygens (including phenoxy) is 1. The molecule has 5 heteroatoms. The third kappa shape index (κ3) is 3.32. The van der Waals surface area contributed by atoms with Crippen LogP contribution < -0.4 is 4.74 Å². The molecule has 2 aromatic heterocycles. The van der Waals surface area contributed by atoms with Gasteiger partial charge in [-0.2, -0.15) is 5.10 Å². The molecule has 0 N–H and O–H groups in total. The minimum absolute atomic E-state index is 0.416. The molecule has 0 aliphatic heterocycles. The quantitative estimate of drug-likeness (QED) is 0.653. The van der Waals surface area contributed by atoms with Gasteiger partial charge in [-0.05, 0) is 35.1 Å². The van der Waals surface area contributed by atoms with Gasteiger partial charge in [-0.3, -0.25) is 4.68 Å². The van der Waals surface area contributed by atoms with Gasteiger partial charge in [0, 0.05) is 36.9 Å². The van der Waals surface area contributed by atoms with E-state index < -0.39 is 0 Å². The summed E-state index contributed by atoms with van der Waals surface area (Å²) in [5.41, 5.74) is 2.40. The molecule has 0 spiro atoms. The van der Waals surface area contributed by atoms with Crippen molar-refractivity contribution < 1.29 is 4.74 Å². The Kier molecular flexibility index (Phi) is 4.53. The van der Waals surface area contributed by atoms with Gasteiger partial charge in [-0.15, -0.1) is 0 Å². The van der Waals surface area contributed by atoms with Crippen molar-refractivity contribution in [1.29, 1.82) is 0 Å². The molecule has 23 heavy (non-hydrogen) atoms. The van der Waals surface area contributed by atoms with E-state index in [1.54, 1.807) is 12.4 Å². The number of aromatic nitrogens is 3. The smallest absolute Gasteiger partial charge is 0.129 e. The predicted octanol–water partition coefficient (Wildman–Crippen LogP) is 4.37. The fourth-order valence-corrected chi connectivity index (χ4v) is 2.91. The molecule has 3 aromatic rings. The van der Waals surface area contributed by atoms with Crippen LogP contribution in [0.2, 0.25) is 5.15 Å². The van der Waals surface area contributed by atoms with E-state index in [1.165, 1.54) is 5.56 Å². The van der Waals surface area contributed by atoms with Crippen LogP contribution in [0.4, 0.5) is 0 Å². The maximum Gasteiger partial charge on any atom is 0.129 e. The summed E-state index contributed by atoms with van der Waals surface area (Å²) < 4.78 is 7.86. The predicted molar refractivity (Wildman–Crippen MR) is 93.2 cm³/mol. The first kappa shape index (κ1) is 15.8. The SMILES string of the molecule is CC(C)c1ccc(OCCc2ccnn2C)c2cnc(Cl)cc12. The Labute approximate surface area is 141 Å². The highest BCUT2D eigenvalue weighted by molar-refractivity contribution is 6.30. The van der Waals surface area contributed by atoms with Gasteiger partial charge in [0.1, 0.15) is 10.9 Å². The molecule has 0 radical (unpaired) electrons. The lowest BCUT2D eigenvalue weighted by molar-refractivity contribution is 0.322. The molecule has 2 heterocycles. The molecule has 0 unspecified atom stereocenters. The van der Waals surface area contributed by atoms with Crippen LogP contribution in [-0.2, 0) is 13.5 Å². The largest absolute Gasteiger partial charge is 0.492 e. The summed E-state index contributed by atoms with van der Waals surface area (Å²) in [6.07, 6.45) is 4.40. The number of fused-ring (bicyclic) bond motifs is 1. The van der Waals surface area contributed by atoms with Crippen molar-refractivity contribution in [3.05, 3.63) is 53.1 Å². The summed E-state index contributed by atoms with van der Waals surface area (Å²) in [6.45, 7) is 4.94. The molecule has 0 aliphatic carbocycles. The highest BCUT2D eigenvalue weighted by Gasteiger charge is 2.11. The third-order valence-electron chi connectivity index (χ3n) is 4.02. The van der Waals surface area contributed by atoms with Crippen LogP contribution in [-0.4, -0.2) is 21.4 Å². The minimum atomic E-state index is 0.416. The Morgan fingerprint density at radius 3 is 2.74 bits per heavy atom. The lowest BCUT2D eigenvalue weighted by atomic mass is 9.97. The summed E-state index contributed by atoms with van der Waals surface area (Å²) in [5.74, 6) is 1.26. The van der Waals surface area contributed by atoms with Crippen LogP contribution in [0.25, 0.3) is 10.8 Å². The van der Waals surface area contributed by atoms with Gasteiger partial charge in [-0.25, -0.2) is 4.98 Å². The van der Waals surface area contributed by atoms with E-state index in [4.69, 9.17) is 16.3 Å². The third-order valence-corrected chi connectivity index (χ3v) is 4.23. The van der Waals surface area contributed by atoms with E-state index in [1.807, 2.05) is 29.9 Å². The molecule has 0 fully saturated rings. The van der Waals surface area contributed by atoms with Crippen molar-refractivity contribution in [2.75, 3.05) is 6.61 Å². The second kappa shape index (κ2) is 6.59. The summed E-state index contributed by atoms with van der Waals surface area (Å²) in [6, 6.07) is 8.06. The molecule has 0 saturated heterocycles. The van der Waals surface area contributed by atoms with E-state index in [9.17, 15) is 0 Å². The minimum Gasteiger partial charge on any atom is -0.492 e. The van der Waals surface area contributed by atoms with Gasteiger partial charge in [0.15, 0.2) is 0 Å². The average molecular weight is 330 g/mol. The van der Waals surface area contributed by atoms with Crippen LogP contribution in [0, 0.1) is 0 Å². The Bertz CT molecular complexity index is 826. The van der Waals surface area contributed by atoms with E-state index in [0.29, 0.717) is 17.7 Å². The number of rotatable bonds is 5. The molecule has 4 nitrogen and oxygen atoms in total. The van der Waals surface area contributed by atoms with E-state index in [2.05, 4.69) is 30.0 Å². The lowest BCUT2D eigenvalue weighted by Gasteiger charge is -2.14. The van der Waals surface area contributed by atoms with Gasteiger partial charge in [0.25, 0.3) is 0 Å². The second-order valence-electron chi connectivity index (χ2n) is 5.90. The number of nitrogens with zero attached hydrogens (tertiary/aromatic N) is 3. The van der Waals surface area contributed by atoms with E-state index >= 15 is 0 Å². The monoisotopic (exact) mass is 329 g/mol. The van der Waals surface area contributed by atoms with Crippen molar-refractivity contribution in [2.24, 2.45) is 7.05 Å². The summed E-state index contributed by atoms with van der Waals surface area (Å²) in [5, 5.41) is 6.79. The van der Waals surface area contributed by atoms with Crippen molar-refractivity contribution in [2.45, 2.75) is 26.2 Å². The topological polar surface area (TPSA) is 39.9 Å². The van der Waals surface area contributed by atoms with Gasteiger partial charge in [0.05, 0.1) is 6.61 Å². The van der Waals surface area contributed by atoms with Crippen LogP contribution >= 0.6 is 11.6 Å². The molecule has 1 aromatic carbocycles. The average Bonchev–Trinajstić information content (AvgIpc) is 2.92. The Balaban J connectivity index is 1.86. The zero-order chi connectivity index (χ0) is 16.4. The molecule has 0 saturated carbocycles. The van der Waals surface area contributed by atoms with Gasteiger partial charge >= 0.3 is 0 Å². The molecule has 0 aliphatic rings. The molecule has 3 rings (SSSR count). The highest BCUT2D eigenvalue weighted by Crippen LogP contribution is 2.33. The number of benzene rings is 1. The number of pyridine rings is 1. The van der Waals surface area contributed by atoms with Crippen molar-refractivity contribution in [3.8, 4) is 5.75 Å². The van der Waals surface area contributed by atoms with Crippen LogP contribution in [0.5, 0.6) is 5.75 Å². The first-order chi connectivity index (χ1) is 11.1. The van der Waals surface area contributed by atoms with Crippen molar-refractivity contribution in [1.82, 2.24) is 14.8 Å². The lowest BCUT2D eigenvalue weighted by Crippen LogP contribution is -2.06. The van der Waals surface area contributed by atoms with Gasteiger partial charge < -0.3 is 4.74 Å². The number of hydrogen-bond donors (Lipinski definition) is 0. The fourth-order valence-electron chi connectivity index (χ4n) is 2.75. The molecular weight excluding hydrogens is 310 g/mol. The first-order valence-electron chi connectivity index (χ1n) is 7.74. The molecular formula is C18H20ClN3O. The standard InChI is InChI=1S/C18H20ClN3O/c1-12(2)14-4-5-17(16-11-20-18(19)10-15(14)16)23-9-7-13-6-8-21-22(13)3/h4-6,8,10-12H,7,9H2,1-3H3. The first-order valence-corrected chi connectivity index (χ1v) is 8.12. The van der Waals surface area contributed by atoms with Crippen molar-refractivity contribution >= 4 is 22.4 Å². The molecule has 0 amide bonds. The summed E-state index contributed by atoms with van der Waals surface area (Å²) in [7, 11) is 1.94. The summed E-state index contributed by atoms with van der Waals surface area (Å²) in [4.78, 5) is 4.21.